The monoisotopic (exact) mass is 428 g/mol. The summed E-state index contributed by atoms with van der Waals surface area (Å²) in [5.74, 6) is -0.0216. The lowest BCUT2D eigenvalue weighted by Gasteiger charge is -2.38. The van der Waals surface area contributed by atoms with E-state index in [1.807, 2.05) is 11.0 Å². The molecule has 1 radical (unpaired) electrons. The molecule has 2 saturated carbocycles. The minimum Gasteiger partial charge on any atom is -0.477 e. The fourth-order valence-corrected chi connectivity index (χ4v) is 6.36. The van der Waals surface area contributed by atoms with Crippen molar-refractivity contribution in [2.45, 2.75) is 90.0 Å². The van der Waals surface area contributed by atoms with Crippen LogP contribution in [0.3, 0.4) is 0 Å². The summed E-state index contributed by atoms with van der Waals surface area (Å²) in [5.41, 5.74) is 1.92. The highest BCUT2D eigenvalue weighted by Crippen LogP contribution is 2.41. The molecule has 0 atom stereocenters. The standard InChI is InChI=1S/C25H34NO3S/c1-17-12-14-19(15-13-17)24(27)26(20-10-6-3-7-11-20)21-16-22(30-23(21)25(28)29)18-8-4-2-5-9-18/h3,8,16-17,19-20H,2,4-7,9-15H2,1H3,(H,28,29). The van der Waals surface area contributed by atoms with Gasteiger partial charge in [-0.15, -0.1) is 11.3 Å². The summed E-state index contributed by atoms with van der Waals surface area (Å²) in [6.07, 6.45) is 16.9. The molecule has 0 spiro atoms. The number of nitrogens with zero attached hydrogens (tertiary/aromatic N) is 1. The van der Waals surface area contributed by atoms with E-state index in [0.29, 0.717) is 16.5 Å². The first kappa shape index (κ1) is 21.6. The minimum atomic E-state index is -0.907. The summed E-state index contributed by atoms with van der Waals surface area (Å²) in [6, 6.07) is 2.13. The van der Waals surface area contributed by atoms with E-state index in [2.05, 4.69) is 19.4 Å². The number of rotatable bonds is 5. The smallest absolute Gasteiger partial charge is 0.348 e. The lowest BCUT2D eigenvalue weighted by molar-refractivity contribution is -0.124. The van der Waals surface area contributed by atoms with Gasteiger partial charge in [-0.3, -0.25) is 4.79 Å². The molecular formula is C25H34NO3S. The van der Waals surface area contributed by atoms with Crippen molar-refractivity contribution in [1.29, 1.82) is 0 Å². The van der Waals surface area contributed by atoms with E-state index in [1.165, 1.54) is 23.3 Å². The number of thiophene rings is 1. The second-order valence-electron chi connectivity index (χ2n) is 9.37. The first-order chi connectivity index (χ1) is 14.5. The quantitative estimate of drug-likeness (QED) is 0.567. The molecule has 1 aromatic heterocycles. The molecule has 0 bridgehead atoms. The number of carbonyl (C=O) groups excluding carboxylic acids is 1. The van der Waals surface area contributed by atoms with E-state index in [0.717, 1.165) is 75.5 Å². The van der Waals surface area contributed by atoms with Crippen molar-refractivity contribution in [3.05, 3.63) is 28.3 Å². The maximum atomic E-state index is 13.8. The molecule has 0 aliphatic heterocycles. The normalized spacial score (nSPS) is 25.6. The van der Waals surface area contributed by atoms with Crippen molar-refractivity contribution in [3.8, 4) is 0 Å². The van der Waals surface area contributed by atoms with Crippen LogP contribution >= 0.6 is 11.3 Å². The molecule has 1 aromatic rings. The SMILES string of the molecule is CC1CCC(C(=O)N(c2cc(C3=CCCCC3)sc2C(=O)O)C2CC[CH]CC2)CC1. The predicted octanol–water partition coefficient (Wildman–Crippen LogP) is 6.71. The van der Waals surface area contributed by atoms with Gasteiger partial charge in [0.1, 0.15) is 4.88 Å². The molecule has 1 N–H and O–H groups in total. The van der Waals surface area contributed by atoms with Crippen LogP contribution in [0.5, 0.6) is 0 Å². The third-order valence-corrected chi connectivity index (χ3v) is 8.34. The van der Waals surface area contributed by atoms with Crippen LogP contribution in [-0.2, 0) is 4.79 Å². The summed E-state index contributed by atoms with van der Waals surface area (Å²) in [6.45, 7) is 2.26. The van der Waals surface area contributed by atoms with Crippen LogP contribution in [0.15, 0.2) is 12.1 Å². The Kier molecular flexibility index (Phi) is 6.97. The van der Waals surface area contributed by atoms with Gasteiger partial charge < -0.3 is 10.0 Å². The Morgan fingerprint density at radius 1 is 1.03 bits per heavy atom. The van der Waals surface area contributed by atoms with Crippen molar-refractivity contribution < 1.29 is 14.7 Å². The average Bonchev–Trinajstić information content (AvgIpc) is 3.21. The topological polar surface area (TPSA) is 57.6 Å². The van der Waals surface area contributed by atoms with Gasteiger partial charge in [0, 0.05) is 16.8 Å². The number of amides is 1. The number of hydrogen-bond acceptors (Lipinski definition) is 3. The molecule has 3 aliphatic carbocycles. The molecule has 4 nitrogen and oxygen atoms in total. The summed E-state index contributed by atoms with van der Waals surface area (Å²) in [7, 11) is 0. The van der Waals surface area contributed by atoms with Crippen molar-refractivity contribution in [3.63, 3.8) is 0 Å². The Morgan fingerprint density at radius 3 is 2.40 bits per heavy atom. The number of anilines is 1. The lowest BCUT2D eigenvalue weighted by atomic mass is 9.81. The molecule has 163 valence electrons. The first-order valence-electron chi connectivity index (χ1n) is 11.8. The van der Waals surface area contributed by atoms with E-state index in [1.54, 1.807) is 0 Å². The highest BCUT2D eigenvalue weighted by Gasteiger charge is 2.36. The van der Waals surface area contributed by atoms with Crippen molar-refractivity contribution in [1.82, 2.24) is 0 Å². The van der Waals surface area contributed by atoms with E-state index in [9.17, 15) is 14.7 Å². The molecule has 1 heterocycles. The molecule has 4 rings (SSSR count). The van der Waals surface area contributed by atoms with Gasteiger partial charge in [-0.05, 0) is 101 Å². The van der Waals surface area contributed by atoms with Gasteiger partial charge in [0.15, 0.2) is 0 Å². The maximum Gasteiger partial charge on any atom is 0.348 e. The lowest BCUT2D eigenvalue weighted by Crippen LogP contribution is -2.46. The van der Waals surface area contributed by atoms with Gasteiger partial charge in [0.25, 0.3) is 0 Å². The van der Waals surface area contributed by atoms with Crippen LogP contribution < -0.4 is 4.90 Å². The summed E-state index contributed by atoms with van der Waals surface area (Å²) < 4.78 is 0. The van der Waals surface area contributed by atoms with Gasteiger partial charge in [0.05, 0.1) is 5.69 Å². The van der Waals surface area contributed by atoms with Crippen LogP contribution in [0.1, 0.15) is 98.5 Å². The average molecular weight is 429 g/mol. The second kappa shape index (κ2) is 9.67. The van der Waals surface area contributed by atoms with Crippen LogP contribution in [0, 0.1) is 18.3 Å². The van der Waals surface area contributed by atoms with E-state index in [-0.39, 0.29) is 17.9 Å². The van der Waals surface area contributed by atoms with Gasteiger partial charge >= 0.3 is 5.97 Å². The van der Waals surface area contributed by atoms with Crippen molar-refractivity contribution >= 4 is 34.5 Å². The Bertz CT molecular complexity index is 797. The minimum absolute atomic E-state index is 0.0333. The molecule has 5 heteroatoms. The molecule has 2 fully saturated rings. The summed E-state index contributed by atoms with van der Waals surface area (Å²) in [4.78, 5) is 29.3. The van der Waals surface area contributed by atoms with E-state index < -0.39 is 5.97 Å². The number of aromatic carboxylic acids is 1. The second-order valence-corrected chi connectivity index (χ2v) is 10.4. The number of carboxylic acid groups (broad SMARTS) is 1. The predicted molar refractivity (Wildman–Crippen MR) is 123 cm³/mol. The molecule has 1 amide bonds. The van der Waals surface area contributed by atoms with Crippen LogP contribution in [0.25, 0.3) is 5.57 Å². The fraction of sp³-hybridized carbons (Fsp3) is 0.640. The van der Waals surface area contributed by atoms with E-state index >= 15 is 0 Å². The zero-order valence-electron chi connectivity index (χ0n) is 18.1. The van der Waals surface area contributed by atoms with Gasteiger partial charge in [-0.25, -0.2) is 4.79 Å². The molecule has 30 heavy (non-hydrogen) atoms. The maximum absolute atomic E-state index is 13.8. The number of carboxylic acids is 1. The highest BCUT2D eigenvalue weighted by molar-refractivity contribution is 7.15. The van der Waals surface area contributed by atoms with Gasteiger partial charge in [0.2, 0.25) is 5.91 Å². The third kappa shape index (κ3) is 4.66. The van der Waals surface area contributed by atoms with Crippen molar-refractivity contribution in [2.75, 3.05) is 4.90 Å². The summed E-state index contributed by atoms with van der Waals surface area (Å²) in [5, 5.41) is 10.00. The molecule has 0 unspecified atom stereocenters. The molecule has 0 saturated heterocycles. The zero-order valence-corrected chi connectivity index (χ0v) is 18.9. The Morgan fingerprint density at radius 2 is 1.77 bits per heavy atom. The molecule has 3 aliphatic rings. The molecule has 0 aromatic carbocycles. The van der Waals surface area contributed by atoms with Crippen LogP contribution in [0.2, 0.25) is 0 Å². The molecular weight excluding hydrogens is 394 g/mol. The Balaban J connectivity index is 1.70. The Labute approximate surface area is 184 Å². The van der Waals surface area contributed by atoms with Gasteiger partial charge in [-0.2, -0.15) is 0 Å². The third-order valence-electron chi connectivity index (χ3n) is 7.15. The zero-order chi connectivity index (χ0) is 21.1. The summed E-state index contributed by atoms with van der Waals surface area (Å²) >= 11 is 1.36. The van der Waals surface area contributed by atoms with Crippen LogP contribution in [0.4, 0.5) is 5.69 Å². The number of hydrogen-bond donors (Lipinski definition) is 1. The number of allylic oxidation sites excluding steroid dienone is 2. The largest absolute Gasteiger partial charge is 0.477 e. The van der Waals surface area contributed by atoms with E-state index in [4.69, 9.17) is 0 Å². The Hall–Kier alpha value is -1.62. The first-order valence-corrected chi connectivity index (χ1v) is 12.6. The number of carbonyl (C=O) groups is 2. The highest BCUT2D eigenvalue weighted by atomic mass is 32.1. The fourth-order valence-electron chi connectivity index (χ4n) is 5.30. The van der Waals surface area contributed by atoms with Gasteiger partial charge in [-0.1, -0.05) is 13.0 Å². The van der Waals surface area contributed by atoms with Crippen LogP contribution in [-0.4, -0.2) is 23.0 Å². The van der Waals surface area contributed by atoms with Crippen molar-refractivity contribution in [2.24, 2.45) is 11.8 Å².